The van der Waals surface area contributed by atoms with Crippen LogP contribution in [-0.4, -0.2) is 36.9 Å². The van der Waals surface area contributed by atoms with Gasteiger partial charge in [-0.25, -0.2) is 0 Å². The number of hydrogen-bond acceptors (Lipinski definition) is 5. The minimum atomic E-state index is -0.357. The van der Waals surface area contributed by atoms with Crippen molar-refractivity contribution in [1.82, 2.24) is 5.32 Å². The molecule has 1 amide bonds. The summed E-state index contributed by atoms with van der Waals surface area (Å²) in [7, 11) is 3.88. The molecule has 32 heavy (non-hydrogen) atoms. The summed E-state index contributed by atoms with van der Waals surface area (Å²) in [6, 6.07) is 19.8. The van der Waals surface area contributed by atoms with Gasteiger partial charge in [-0.15, -0.1) is 0 Å². The fraction of sp³-hybridized carbons (Fsp3) is 0.231. The lowest BCUT2D eigenvalue weighted by molar-refractivity contribution is 0.0938. The SMILES string of the molecule is Cc1ccc(NC(=O)c2cccc(N(C)C)c2)cc1C12NC1C2C(=O)c1ccc(O)cc1. The summed E-state index contributed by atoms with van der Waals surface area (Å²) in [5.74, 6) is -0.0869. The quantitative estimate of drug-likeness (QED) is 0.412. The lowest BCUT2D eigenvalue weighted by atomic mass is 9.95. The summed E-state index contributed by atoms with van der Waals surface area (Å²) in [6.45, 7) is 2.02. The standard InChI is InChI=1S/C26H25N3O3/c1-15-7-10-18(27-25(32)17-5-4-6-19(13-17)29(2)3)14-21(15)26-22(24(26)28-26)23(31)16-8-11-20(30)12-9-16/h4-14,22,24,28,30H,1-3H3,(H,27,32). The molecule has 3 aromatic carbocycles. The molecular weight excluding hydrogens is 402 g/mol. The van der Waals surface area contributed by atoms with E-state index in [1.54, 1.807) is 18.2 Å². The van der Waals surface area contributed by atoms with Crippen molar-refractivity contribution in [3.63, 3.8) is 0 Å². The van der Waals surface area contributed by atoms with Crippen molar-refractivity contribution in [2.75, 3.05) is 24.3 Å². The highest BCUT2D eigenvalue weighted by Gasteiger charge is 2.82. The number of phenols is 1. The number of aromatic hydroxyl groups is 1. The van der Waals surface area contributed by atoms with Crippen molar-refractivity contribution in [1.29, 1.82) is 0 Å². The van der Waals surface area contributed by atoms with Gasteiger partial charge in [-0.05, 0) is 72.6 Å². The van der Waals surface area contributed by atoms with Gasteiger partial charge in [0.25, 0.3) is 5.91 Å². The van der Waals surface area contributed by atoms with E-state index in [-0.39, 0.29) is 34.9 Å². The van der Waals surface area contributed by atoms with Gasteiger partial charge in [0.2, 0.25) is 0 Å². The number of rotatable bonds is 6. The Hall–Kier alpha value is -3.64. The topological polar surface area (TPSA) is 91.6 Å². The summed E-state index contributed by atoms with van der Waals surface area (Å²) < 4.78 is 0. The van der Waals surface area contributed by atoms with Crippen LogP contribution in [0.25, 0.3) is 0 Å². The van der Waals surface area contributed by atoms with Crippen LogP contribution < -0.4 is 15.5 Å². The van der Waals surface area contributed by atoms with Crippen LogP contribution in [0.1, 0.15) is 31.8 Å². The Morgan fingerprint density at radius 2 is 1.75 bits per heavy atom. The number of benzene rings is 3. The third kappa shape index (κ3) is 3.24. The molecule has 1 aliphatic heterocycles. The van der Waals surface area contributed by atoms with E-state index < -0.39 is 0 Å². The Bertz CT molecular complexity index is 1240. The first-order valence-corrected chi connectivity index (χ1v) is 10.6. The Morgan fingerprint density at radius 1 is 1.00 bits per heavy atom. The Kier molecular flexibility index (Phi) is 4.57. The number of nitrogens with one attached hydrogen (secondary N) is 2. The average molecular weight is 428 g/mol. The van der Waals surface area contributed by atoms with E-state index in [1.807, 2.05) is 62.3 Å². The summed E-state index contributed by atoms with van der Waals surface area (Å²) >= 11 is 0. The van der Waals surface area contributed by atoms with Crippen molar-refractivity contribution in [3.05, 3.63) is 89.0 Å². The number of amides is 1. The van der Waals surface area contributed by atoms with Gasteiger partial charge in [-0.1, -0.05) is 12.1 Å². The van der Waals surface area contributed by atoms with Crippen molar-refractivity contribution in [2.45, 2.75) is 18.5 Å². The molecular formula is C26H25N3O3. The first-order valence-electron chi connectivity index (χ1n) is 10.6. The van der Waals surface area contributed by atoms with Crippen LogP contribution in [0.5, 0.6) is 5.75 Å². The minimum absolute atomic E-state index is 0.0723. The second-order valence-corrected chi connectivity index (χ2v) is 8.81. The number of nitrogens with zero attached hydrogens (tertiary/aromatic N) is 1. The number of hydrogen-bond donors (Lipinski definition) is 3. The summed E-state index contributed by atoms with van der Waals surface area (Å²) in [4.78, 5) is 27.8. The van der Waals surface area contributed by atoms with Gasteiger partial charge in [-0.3, -0.25) is 14.9 Å². The number of anilines is 2. The molecule has 3 atom stereocenters. The molecule has 2 aliphatic rings. The number of aryl methyl sites for hydroxylation is 1. The summed E-state index contributed by atoms with van der Waals surface area (Å²) in [5, 5.41) is 15.9. The van der Waals surface area contributed by atoms with Crippen LogP contribution in [-0.2, 0) is 5.54 Å². The number of phenolic OH excluding ortho intramolecular Hbond substituents is 1. The zero-order chi connectivity index (χ0) is 22.6. The van der Waals surface area contributed by atoms with Gasteiger partial charge in [0, 0.05) is 42.6 Å². The molecule has 0 radical (unpaired) electrons. The van der Waals surface area contributed by atoms with Crippen LogP contribution in [0.2, 0.25) is 0 Å². The molecule has 0 spiro atoms. The van der Waals surface area contributed by atoms with Crippen LogP contribution in [0.3, 0.4) is 0 Å². The first kappa shape index (κ1) is 20.3. The lowest BCUT2D eigenvalue weighted by Gasteiger charge is -2.16. The van der Waals surface area contributed by atoms with Crippen LogP contribution >= 0.6 is 0 Å². The molecule has 1 heterocycles. The Balaban J connectivity index is 1.36. The predicted octanol–water partition coefficient (Wildman–Crippen LogP) is 3.70. The molecule has 162 valence electrons. The monoisotopic (exact) mass is 427 g/mol. The maximum atomic E-state index is 13.0. The highest BCUT2D eigenvalue weighted by atomic mass is 16.3. The average Bonchev–Trinajstić information content (AvgIpc) is 3.66. The van der Waals surface area contributed by atoms with E-state index in [0.29, 0.717) is 16.8 Å². The second kappa shape index (κ2) is 7.21. The number of fused-ring (bicyclic) bond motifs is 1. The maximum absolute atomic E-state index is 13.0. The van der Waals surface area contributed by atoms with Crippen molar-refractivity contribution in [2.24, 2.45) is 5.92 Å². The van der Waals surface area contributed by atoms with E-state index in [2.05, 4.69) is 10.6 Å². The number of Topliss-reactive ketones (excluding diaryl/α,β-unsaturated/α-hetero) is 1. The predicted molar refractivity (Wildman–Crippen MR) is 124 cm³/mol. The Labute approximate surface area is 186 Å². The third-order valence-electron chi connectivity index (χ3n) is 6.52. The molecule has 5 rings (SSSR count). The molecule has 3 unspecified atom stereocenters. The van der Waals surface area contributed by atoms with Crippen LogP contribution in [0, 0.1) is 12.8 Å². The normalized spacial score (nSPS) is 22.6. The van der Waals surface area contributed by atoms with Crippen molar-refractivity contribution < 1.29 is 14.7 Å². The molecule has 2 fully saturated rings. The molecule has 1 saturated carbocycles. The molecule has 6 heteroatoms. The second-order valence-electron chi connectivity index (χ2n) is 8.81. The fourth-order valence-corrected chi connectivity index (χ4v) is 4.53. The smallest absolute Gasteiger partial charge is 0.255 e. The summed E-state index contributed by atoms with van der Waals surface area (Å²) in [6.07, 6.45) is 0. The highest BCUT2D eigenvalue weighted by molar-refractivity contribution is 6.06. The zero-order valence-corrected chi connectivity index (χ0v) is 18.2. The molecule has 1 aliphatic carbocycles. The van der Waals surface area contributed by atoms with E-state index in [9.17, 15) is 14.7 Å². The summed E-state index contributed by atoms with van der Waals surface area (Å²) in [5.41, 5.74) is 4.61. The fourth-order valence-electron chi connectivity index (χ4n) is 4.53. The Morgan fingerprint density at radius 3 is 2.44 bits per heavy atom. The van der Waals surface area contributed by atoms with Gasteiger partial charge in [0.05, 0.1) is 11.5 Å². The van der Waals surface area contributed by atoms with Gasteiger partial charge < -0.3 is 15.3 Å². The highest BCUT2D eigenvalue weighted by Crippen LogP contribution is 2.66. The third-order valence-corrected chi connectivity index (χ3v) is 6.52. The van der Waals surface area contributed by atoms with Gasteiger partial charge in [-0.2, -0.15) is 0 Å². The van der Waals surface area contributed by atoms with Crippen molar-refractivity contribution in [3.8, 4) is 5.75 Å². The molecule has 0 aromatic heterocycles. The molecule has 3 N–H and O–H groups in total. The van der Waals surface area contributed by atoms with E-state index in [0.717, 1.165) is 16.8 Å². The molecule has 0 bridgehead atoms. The lowest BCUT2D eigenvalue weighted by Crippen LogP contribution is -2.25. The first-order chi connectivity index (χ1) is 15.3. The largest absolute Gasteiger partial charge is 0.508 e. The van der Waals surface area contributed by atoms with Crippen molar-refractivity contribution >= 4 is 23.1 Å². The number of carbonyl (C=O) groups is 2. The molecule has 3 aromatic rings. The van der Waals surface area contributed by atoms with Gasteiger partial charge in [0.15, 0.2) is 5.78 Å². The van der Waals surface area contributed by atoms with Crippen LogP contribution in [0.15, 0.2) is 66.7 Å². The number of ketones is 1. The minimum Gasteiger partial charge on any atom is -0.508 e. The van der Waals surface area contributed by atoms with Gasteiger partial charge >= 0.3 is 0 Å². The van der Waals surface area contributed by atoms with Gasteiger partial charge in [0.1, 0.15) is 5.75 Å². The van der Waals surface area contributed by atoms with E-state index >= 15 is 0 Å². The maximum Gasteiger partial charge on any atom is 0.255 e. The zero-order valence-electron chi connectivity index (χ0n) is 18.2. The number of carbonyl (C=O) groups excluding carboxylic acids is 2. The van der Waals surface area contributed by atoms with E-state index in [4.69, 9.17) is 0 Å². The molecule has 6 nitrogen and oxygen atoms in total. The van der Waals surface area contributed by atoms with Crippen LogP contribution in [0.4, 0.5) is 11.4 Å². The van der Waals surface area contributed by atoms with E-state index in [1.165, 1.54) is 12.1 Å². The molecule has 1 saturated heterocycles.